The summed E-state index contributed by atoms with van der Waals surface area (Å²) in [6.07, 6.45) is 14.6. The van der Waals surface area contributed by atoms with Gasteiger partial charge in [-0.15, -0.1) is 0 Å². The quantitative estimate of drug-likeness (QED) is 0.654. The molecule has 0 spiro atoms. The number of amides is 2. The third kappa shape index (κ3) is 1.34. The van der Waals surface area contributed by atoms with Crippen molar-refractivity contribution in [3.63, 3.8) is 0 Å². The lowest BCUT2D eigenvalue weighted by molar-refractivity contribution is -0.146. The Bertz CT molecular complexity index is 585. The molecule has 0 aromatic heterocycles. The van der Waals surface area contributed by atoms with E-state index in [9.17, 15) is 9.59 Å². The molecule has 3 atom stereocenters. The van der Waals surface area contributed by atoms with Crippen molar-refractivity contribution >= 4 is 11.8 Å². The molecular weight excluding hydrogens is 240 g/mol. The van der Waals surface area contributed by atoms with E-state index in [1.165, 1.54) is 0 Å². The molecule has 4 aliphatic heterocycles. The molecule has 0 saturated carbocycles. The van der Waals surface area contributed by atoms with E-state index in [1.54, 1.807) is 9.80 Å². The van der Waals surface area contributed by atoms with Crippen molar-refractivity contribution in [3.8, 4) is 0 Å². The molecule has 0 aromatic rings. The van der Waals surface area contributed by atoms with Crippen LogP contribution in [0.1, 0.15) is 12.8 Å². The van der Waals surface area contributed by atoms with Gasteiger partial charge in [0.2, 0.25) is 11.8 Å². The van der Waals surface area contributed by atoms with Crippen LogP contribution in [0.15, 0.2) is 48.4 Å². The second kappa shape index (κ2) is 3.70. The van der Waals surface area contributed by atoms with Crippen molar-refractivity contribution in [1.82, 2.24) is 9.80 Å². The molecule has 0 bridgehead atoms. The first kappa shape index (κ1) is 10.8. The smallest absolute Gasteiger partial charge is 0.232 e. The lowest BCUT2D eigenvalue weighted by atomic mass is 9.75. The molecule has 96 valence electrons. The largest absolute Gasteiger partial charge is 0.311 e. The standard InChI is InChI=1S/C15H14N2O2/c18-13-7-6-11-14-10(4-3-9-17(13)14)12-5-1-2-8-16(12)15(11)19/h1-5,8-9,11-12,14H,6-7H2/t11-,12+,14-/m0/s1. The number of hydrogen-bond acceptors (Lipinski definition) is 2. The number of hydrogen-bond donors (Lipinski definition) is 0. The minimum Gasteiger partial charge on any atom is -0.311 e. The number of carbonyl (C=O) groups excluding carboxylic acids is 2. The molecule has 2 fully saturated rings. The zero-order valence-electron chi connectivity index (χ0n) is 10.4. The number of carbonyl (C=O) groups is 2. The van der Waals surface area contributed by atoms with Crippen LogP contribution in [-0.2, 0) is 9.59 Å². The molecule has 19 heavy (non-hydrogen) atoms. The summed E-state index contributed by atoms with van der Waals surface area (Å²) in [6, 6.07) is -0.103. The molecule has 4 heteroatoms. The minimum atomic E-state index is -0.0960. The highest BCUT2D eigenvalue weighted by atomic mass is 16.2. The summed E-state index contributed by atoms with van der Waals surface area (Å²) < 4.78 is 0. The Hall–Kier alpha value is -2.10. The topological polar surface area (TPSA) is 40.6 Å². The molecule has 0 unspecified atom stereocenters. The first-order valence-electron chi connectivity index (χ1n) is 6.64. The molecule has 0 aliphatic carbocycles. The third-order valence-electron chi connectivity index (χ3n) is 4.38. The van der Waals surface area contributed by atoms with Gasteiger partial charge in [0.25, 0.3) is 0 Å². The monoisotopic (exact) mass is 254 g/mol. The van der Waals surface area contributed by atoms with Crippen LogP contribution in [0.3, 0.4) is 0 Å². The molecule has 0 radical (unpaired) electrons. The highest BCUT2D eigenvalue weighted by molar-refractivity contribution is 5.89. The summed E-state index contributed by atoms with van der Waals surface area (Å²) >= 11 is 0. The molecule has 4 nitrogen and oxygen atoms in total. The first-order valence-corrected chi connectivity index (χ1v) is 6.64. The van der Waals surface area contributed by atoms with Gasteiger partial charge in [-0.1, -0.05) is 18.2 Å². The van der Waals surface area contributed by atoms with Crippen molar-refractivity contribution in [2.75, 3.05) is 0 Å². The van der Waals surface area contributed by atoms with Gasteiger partial charge in [0.05, 0.1) is 18.0 Å². The van der Waals surface area contributed by atoms with Crippen LogP contribution in [0.25, 0.3) is 0 Å². The Balaban J connectivity index is 1.84. The minimum absolute atomic E-state index is 0.0305. The van der Waals surface area contributed by atoms with Crippen molar-refractivity contribution in [2.45, 2.75) is 24.9 Å². The van der Waals surface area contributed by atoms with E-state index in [0.29, 0.717) is 12.8 Å². The summed E-state index contributed by atoms with van der Waals surface area (Å²) in [5, 5.41) is 0. The maximum Gasteiger partial charge on any atom is 0.232 e. The molecule has 4 aliphatic rings. The maximum atomic E-state index is 12.6. The summed E-state index contributed by atoms with van der Waals surface area (Å²) in [4.78, 5) is 28.2. The molecule has 2 saturated heterocycles. The number of allylic oxidation sites excluding steroid dienone is 4. The molecule has 4 rings (SSSR count). The summed E-state index contributed by atoms with van der Waals surface area (Å²) in [5.41, 5.74) is 1.15. The van der Waals surface area contributed by atoms with Gasteiger partial charge in [0.15, 0.2) is 0 Å². The Morgan fingerprint density at radius 1 is 1.05 bits per heavy atom. The summed E-state index contributed by atoms with van der Waals surface area (Å²) in [6.45, 7) is 0. The van der Waals surface area contributed by atoms with E-state index >= 15 is 0 Å². The Morgan fingerprint density at radius 3 is 2.79 bits per heavy atom. The van der Waals surface area contributed by atoms with Crippen LogP contribution in [0.4, 0.5) is 0 Å². The zero-order valence-corrected chi connectivity index (χ0v) is 10.4. The van der Waals surface area contributed by atoms with Crippen molar-refractivity contribution in [1.29, 1.82) is 0 Å². The van der Waals surface area contributed by atoms with Crippen LogP contribution in [-0.4, -0.2) is 33.7 Å². The Labute approximate surface area is 111 Å². The van der Waals surface area contributed by atoms with Gasteiger partial charge in [0, 0.05) is 18.8 Å². The lowest BCUT2D eigenvalue weighted by Gasteiger charge is -2.50. The third-order valence-corrected chi connectivity index (χ3v) is 4.38. The highest BCUT2D eigenvalue weighted by Gasteiger charge is 2.49. The maximum absolute atomic E-state index is 12.6. The average molecular weight is 254 g/mol. The predicted octanol–water partition coefficient (Wildman–Crippen LogP) is 1.34. The lowest BCUT2D eigenvalue weighted by Crippen LogP contribution is -2.60. The number of rotatable bonds is 0. The normalized spacial score (nSPS) is 35.2. The van der Waals surface area contributed by atoms with Crippen LogP contribution in [0, 0.1) is 5.92 Å². The van der Waals surface area contributed by atoms with Crippen LogP contribution in [0.2, 0.25) is 0 Å². The fourth-order valence-electron chi connectivity index (χ4n) is 3.53. The molecule has 4 heterocycles. The van der Waals surface area contributed by atoms with Crippen molar-refractivity contribution < 1.29 is 9.59 Å². The van der Waals surface area contributed by atoms with E-state index in [4.69, 9.17) is 0 Å². The number of fused-ring (bicyclic) bond motifs is 2. The zero-order chi connectivity index (χ0) is 13.0. The second-order valence-corrected chi connectivity index (χ2v) is 5.32. The van der Waals surface area contributed by atoms with Crippen LogP contribution >= 0.6 is 0 Å². The van der Waals surface area contributed by atoms with E-state index < -0.39 is 0 Å². The molecule has 0 N–H and O–H groups in total. The summed E-state index contributed by atoms with van der Waals surface area (Å²) in [7, 11) is 0. The van der Waals surface area contributed by atoms with E-state index in [-0.39, 0.29) is 29.8 Å². The van der Waals surface area contributed by atoms with Gasteiger partial charge in [0.1, 0.15) is 0 Å². The predicted molar refractivity (Wildman–Crippen MR) is 69.5 cm³/mol. The van der Waals surface area contributed by atoms with Gasteiger partial charge in [-0.05, 0) is 24.1 Å². The van der Waals surface area contributed by atoms with E-state index in [0.717, 1.165) is 5.57 Å². The Kier molecular flexibility index (Phi) is 2.10. The van der Waals surface area contributed by atoms with Crippen molar-refractivity contribution in [3.05, 3.63) is 48.4 Å². The fraction of sp³-hybridized carbons (Fsp3) is 0.333. The molecular formula is C15H14N2O2. The molecule has 2 amide bonds. The van der Waals surface area contributed by atoms with Crippen LogP contribution in [0.5, 0.6) is 0 Å². The van der Waals surface area contributed by atoms with Gasteiger partial charge < -0.3 is 9.80 Å². The Morgan fingerprint density at radius 2 is 1.89 bits per heavy atom. The second-order valence-electron chi connectivity index (χ2n) is 5.32. The highest BCUT2D eigenvalue weighted by Crippen LogP contribution is 2.41. The van der Waals surface area contributed by atoms with E-state index in [2.05, 4.69) is 6.08 Å². The van der Waals surface area contributed by atoms with E-state index in [1.807, 2.05) is 36.7 Å². The van der Waals surface area contributed by atoms with Crippen molar-refractivity contribution in [2.24, 2.45) is 5.92 Å². The SMILES string of the molecule is O=C1[C@H]2CCC(=O)N3C=CC=C([C@H]4C=CC=CN14)[C@@H]23. The van der Waals surface area contributed by atoms with Gasteiger partial charge in [-0.3, -0.25) is 9.59 Å². The number of piperidine rings is 2. The van der Waals surface area contributed by atoms with Gasteiger partial charge >= 0.3 is 0 Å². The number of nitrogens with zero attached hydrogens (tertiary/aromatic N) is 2. The molecule has 0 aromatic carbocycles. The van der Waals surface area contributed by atoms with Crippen LogP contribution < -0.4 is 0 Å². The van der Waals surface area contributed by atoms with Gasteiger partial charge in [-0.25, -0.2) is 0 Å². The first-order chi connectivity index (χ1) is 9.27. The fourth-order valence-corrected chi connectivity index (χ4v) is 3.53. The van der Waals surface area contributed by atoms with Gasteiger partial charge in [-0.2, -0.15) is 0 Å². The summed E-state index contributed by atoms with van der Waals surface area (Å²) in [5.74, 6) is 0.168. The average Bonchev–Trinajstić information content (AvgIpc) is 2.46.